The highest BCUT2D eigenvalue weighted by atomic mass is 32.2. The van der Waals surface area contributed by atoms with Crippen molar-refractivity contribution in [3.8, 4) is 0 Å². The third-order valence-corrected chi connectivity index (χ3v) is 4.01. The fourth-order valence-electron chi connectivity index (χ4n) is 1.59. The molecule has 0 unspecified atom stereocenters. The molecule has 0 amide bonds. The molecule has 2 rings (SSSR count). The molecule has 0 radical (unpaired) electrons. The second kappa shape index (κ2) is 5.72. The van der Waals surface area contributed by atoms with Crippen molar-refractivity contribution < 1.29 is 39.2 Å². The Labute approximate surface area is 124 Å². The van der Waals surface area contributed by atoms with E-state index in [1.165, 1.54) is 4.72 Å². The van der Waals surface area contributed by atoms with E-state index in [9.17, 15) is 39.2 Å². The minimum Gasteiger partial charge on any atom is -0.279 e. The standard InChI is InChI=1S/C12H4F7NO2S/c13-5-2-1-4(3-6(5)14)20-23(21,22)12-10(18)8(16)7(15)9(17)11(12)19/h1-3,20H. The van der Waals surface area contributed by atoms with Gasteiger partial charge in [-0.05, 0) is 12.1 Å². The summed E-state index contributed by atoms with van der Waals surface area (Å²) in [6.45, 7) is 0. The second-order valence-electron chi connectivity index (χ2n) is 4.13. The van der Waals surface area contributed by atoms with Crippen molar-refractivity contribution >= 4 is 15.7 Å². The Hall–Kier alpha value is -2.30. The van der Waals surface area contributed by atoms with Crippen LogP contribution in [0.2, 0.25) is 0 Å². The lowest BCUT2D eigenvalue weighted by Gasteiger charge is -2.11. The van der Waals surface area contributed by atoms with Gasteiger partial charge in [-0.25, -0.2) is 39.2 Å². The van der Waals surface area contributed by atoms with Crippen LogP contribution in [0, 0.1) is 40.7 Å². The molecule has 23 heavy (non-hydrogen) atoms. The Kier molecular flexibility index (Phi) is 4.24. The van der Waals surface area contributed by atoms with Crippen LogP contribution in [0.25, 0.3) is 0 Å². The van der Waals surface area contributed by atoms with Gasteiger partial charge in [0.15, 0.2) is 39.8 Å². The first kappa shape index (κ1) is 17.1. The van der Waals surface area contributed by atoms with Gasteiger partial charge in [0.05, 0.1) is 5.69 Å². The Bertz CT molecular complexity index is 870. The van der Waals surface area contributed by atoms with Crippen LogP contribution >= 0.6 is 0 Å². The van der Waals surface area contributed by atoms with E-state index in [4.69, 9.17) is 0 Å². The van der Waals surface area contributed by atoms with E-state index in [-0.39, 0.29) is 0 Å². The minimum absolute atomic E-state index is 0.318. The van der Waals surface area contributed by atoms with Crippen molar-refractivity contribution in [2.24, 2.45) is 0 Å². The first-order valence-electron chi connectivity index (χ1n) is 5.55. The summed E-state index contributed by atoms with van der Waals surface area (Å²) in [5, 5.41) is 0. The van der Waals surface area contributed by atoms with E-state index in [0.29, 0.717) is 18.2 Å². The molecule has 1 N–H and O–H groups in total. The lowest BCUT2D eigenvalue weighted by molar-refractivity contribution is 0.358. The van der Waals surface area contributed by atoms with Crippen LogP contribution in [0.5, 0.6) is 0 Å². The number of hydrogen-bond donors (Lipinski definition) is 1. The third-order valence-electron chi connectivity index (χ3n) is 2.61. The molecule has 0 saturated carbocycles. The topological polar surface area (TPSA) is 46.2 Å². The predicted molar refractivity (Wildman–Crippen MR) is 63.4 cm³/mol. The summed E-state index contributed by atoms with van der Waals surface area (Å²) in [7, 11) is -5.30. The fraction of sp³-hybridized carbons (Fsp3) is 0. The molecule has 11 heteroatoms. The molecule has 124 valence electrons. The molecule has 0 bridgehead atoms. The van der Waals surface area contributed by atoms with Crippen molar-refractivity contribution in [3.05, 3.63) is 58.9 Å². The number of anilines is 1. The molecule has 2 aromatic rings. The van der Waals surface area contributed by atoms with Crippen molar-refractivity contribution in [3.63, 3.8) is 0 Å². The van der Waals surface area contributed by atoms with E-state index in [1.807, 2.05) is 0 Å². The number of rotatable bonds is 3. The van der Waals surface area contributed by atoms with Crippen molar-refractivity contribution in [1.82, 2.24) is 0 Å². The Balaban J connectivity index is 2.58. The number of nitrogens with one attached hydrogen (secondary N) is 1. The molecular weight excluding hydrogens is 355 g/mol. The molecule has 0 saturated heterocycles. The highest BCUT2D eigenvalue weighted by Crippen LogP contribution is 2.28. The van der Waals surface area contributed by atoms with Gasteiger partial charge in [0, 0.05) is 6.07 Å². The van der Waals surface area contributed by atoms with Gasteiger partial charge in [0.25, 0.3) is 10.0 Å². The van der Waals surface area contributed by atoms with Gasteiger partial charge in [-0.2, -0.15) is 0 Å². The summed E-state index contributed by atoms with van der Waals surface area (Å²) in [5.41, 5.74) is -0.687. The Morgan fingerprint density at radius 3 is 1.65 bits per heavy atom. The molecule has 3 nitrogen and oxygen atoms in total. The highest BCUT2D eigenvalue weighted by molar-refractivity contribution is 7.92. The molecule has 0 aromatic heterocycles. The van der Waals surface area contributed by atoms with E-state index in [1.54, 1.807) is 0 Å². The maximum atomic E-state index is 13.5. The van der Waals surface area contributed by atoms with Crippen LogP contribution in [0.1, 0.15) is 0 Å². The summed E-state index contributed by atoms with van der Waals surface area (Å²) in [4.78, 5) is -2.14. The minimum atomic E-state index is -5.30. The molecular formula is C12H4F7NO2S. The van der Waals surface area contributed by atoms with Crippen molar-refractivity contribution in [2.45, 2.75) is 4.90 Å². The van der Waals surface area contributed by atoms with Crippen LogP contribution in [0.3, 0.4) is 0 Å². The second-order valence-corrected chi connectivity index (χ2v) is 5.75. The first-order chi connectivity index (χ1) is 10.6. The fourth-order valence-corrected chi connectivity index (χ4v) is 2.78. The summed E-state index contributed by atoms with van der Waals surface area (Å²) < 4.78 is 117. The van der Waals surface area contributed by atoms with Gasteiger partial charge >= 0.3 is 0 Å². The zero-order valence-corrected chi connectivity index (χ0v) is 11.4. The maximum absolute atomic E-state index is 13.5. The molecule has 0 spiro atoms. The smallest absolute Gasteiger partial charge is 0.267 e. The van der Waals surface area contributed by atoms with Crippen LogP contribution in [-0.4, -0.2) is 8.42 Å². The highest BCUT2D eigenvalue weighted by Gasteiger charge is 2.33. The maximum Gasteiger partial charge on any atom is 0.267 e. The average molecular weight is 359 g/mol. The van der Waals surface area contributed by atoms with Gasteiger partial charge in [0.2, 0.25) is 5.82 Å². The number of benzene rings is 2. The molecule has 0 aliphatic heterocycles. The number of sulfonamides is 1. The molecule has 2 aromatic carbocycles. The zero-order valence-electron chi connectivity index (χ0n) is 10.6. The number of hydrogen-bond acceptors (Lipinski definition) is 2. The summed E-state index contributed by atoms with van der Waals surface area (Å²) >= 11 is 0. The van der Waals surface area contributed by atoms with Gasteiger partial charge in [-0.3, -0.25) is 4.72 Å². The molecule has 0 aliphatic rings. The van der Waals surface area contributed by atoms with Gasteiger partial charge in [-0.15, -0.1) is 0 Å². The van der Waals surface area contributed by atoms with E-state index < -0.39 is 61.3 Å². The predicted octanol–water partition coefficient (Wildman–Crippen LogP) is 3.46. The zero-order chi connectivity index (χ0) is 17.5. The van der Waals surface area contributed by atoms with Crippen molar-refractivity contribution in [1.29, 1.82) is 0 Å². The summed E-state index contributed by atoms with van der Waals surface area (Å²) in [5.74, 6) is -15.5. The van der Waals surface area contributed by atoms with Crippen LogP contribution < -0.4 is 4.72 Å². The summed E-state index contributed by atoms with van der Waals surface area (Å²) in [6, 6.07) is 1.49. The van der Waals surface area contributed by atoms with Crippen LogP contribution in [0.4, 0.5) is 36.4 Å². The lowest BCUT2D eigenvalue weighted by atomic mass is 10.3. The quantitative estimate of drug-likeness (QED) is 0.518. The average Bonchev–Trinajstić information content (AvgIpc) is 2.46. The van der Waals surface area contributed by atoms with Gasteiger partial charge in [0.1, 0.15) is 0 Å². The van der Waals surface area contributed by atoms with Gasteiger partial charge < -0.3 is 0 Å². The van der Waals surface area contributed by atoms with Crippen LogP contribution in [0.15, 0.2) is 23.1 Å². The Morgan fingerprint density at radius 2 is 1.17 bits per heavy atom. The van der Waals surface area contributed by atoms with Crippen molar-refractivity contribution in [2.75, 3.05) is 4.72 Å². The third kappa shape index (κ3) is 2.96. The normalized spacial score (nSPS) is 11.6. The van der Waals surface area contributed by atoms with E-state index in [2.05, 4.69) is 0 Å². The SMILES string of the molecule is O=S(=O)(Nc1ccc(F)c(F)c1)c1c(F)c(F)c(F)c(F)c1F. The molecule has 0 atom stereocenters. The number of halogens is 7. The molecule has 0 heterocycles. The lowest BCUT2D eigenvalue weighted by Crippen LogP contribution is -2.19. The molecule has 0 fully saturated rings. The van der Waals surface area contributed by atoms with Crippen LogP contribution in [-0.2, 0) is 10.0 Å². The monoisotopic (exact) mass is 359 g/mol. The summed E-state index contributed by atoms with van der Waals surface area (Å²) in [6.07, 6.45) is 0. The largest absolute Gasteiger partial charge is 0.279 e. The van der Waals surface area contributed by atoms with E-state index in [0.717, 1.165) is 0 Å². The van der Waals surface area contributed by atoms with E-state index >= 15 is 0 Å². The Morgan fingerprint density at radius 1 is 0.696 bits per heavy atom. The first-order valence-corrected chi connectivity index (χ1v) is 7.04. The van der Waals surface area contributed by atoms with Gasteiger partial charge in [-0.1, -0.05) is 0 Å². The molecule has 0 aliphatic carbocycles.